The summed E-state index contributed by atoms with van der Waals surface area (Å²) in [7, 11) is 1.46. The summed E-state index contributed by atoms with van der Waals surface area (Å²) < 4.78 is 38.4. The minimum absolute atomic E-state index is 0.0615. The Morgan fingerprint density at radius 3 is 2.64 bits per heavy atom. The third kappa shape index (κ3) is 4.83. The van der Waals surface area contributed by atoms with Gasteiger partial charge >= 0.3 is 0 Å². The van der Waals surface area contributed by atoms with Crippen LogP contribution in [0.1, 0.15) is 29.1 Å². The molecule has 0 spiro atoms. The van der Waals surface area contributed by atoms with Crippen LogP contribution in [0.5, 0.6) is 5.75 Å². The Bertz CT molecular complexity index is 1170. The molecule has 0 saturated heterocycles. The molecular weight excluding hydrogens is 430 g/mol. The van der Waals surface area contributed by atoms with Gasteiger partial charge in [0.25, 0.3) is 0 Å². The summed E-state index contributed by atoms with van der Waals surface area (Å²) in [5, 5.41) is 2.76. The summed E-state index contributed by atoms with van der Waals surface area (Å²) in [5.41, 5.74) is 1.13. The number of pyridine rings is 1. The van der Waals surface area contributed by atoms with Gasteiger partial charge in [-0.25, -0.2) is 23.7 Å². The Labute approximate surface area is 190 Å². The smallest absolute Gasteiger partial charge is 0.229 e. The van der Waals surface area contributed by atoms with Crippen LogP contribution < -0.4 is 10.1 Å². The van der Waals surface area contributed by atoms with E-state index in [4.69, 9.17) is 9.47 Å². The fourth-order valence-electron chi connectivity index (χ4n) is 3.94. The number of rotatable bonds is 8. The standard InChI is InChI=1S/C24H24F2N4O3/c1-14-21(11-27-15(2)29-14)33-13-24(17-4-6-18(25)7-5-17)9-19(24)23(31)30-22-8-16(12-32-3)20(26)10-28-22/h4-8,10-11,19H,9,12-13H2,1-3H3,(H,28,30,31)/t19?,24-/m1/s1. The van der Waals surface area contributed by atoms with Gasteiger partial charge in [-0.2, -0.15) is 0 Å². The number of aryl methyl sites for hydroxylation is 2. The molecule has 9 heteroatoms. The zero-order valence-electron chi connectivity index (χ0n) is 18.6. The maximum Gasteiger partial charge on any atom is 0.229 e. The second-order valence-electron chi connectivity index (χ2n) is 8.16. The lowest BCUT2D eigenvalue weighted by Gasteiger charge is -2.19. The number of aromatic nitrogens is 3. The van der Waals surface area contributed by atoms with Crippen LogP contribution in [-0.2, 0) is 21.6 Å². The molecule has 1 fully saturated rings. The van der Waals surface area contributed by atoms with Gasteiger partial charge in [-0.05, 0) is 44.0 Å². The Kier molecular flexibility index (Phi) is 6.33. The minimum atomic E-state index is -0.648. The average molecular weight is 454 g/mol. The van der Waals surface area contributed by atoms with E-state index in [2.05, 4.69) is 20.3 Å². The van der Waals surface area contributed by atoms with E-state index < -0.39 is 17.2 Å². The van der Waals surface area contributed by atoms with Crippen LogP contribution in [0.4, 0.5) is 14.6 Å². The van der Waals surface area contributed by atoms with Crippen molar-refractivity contribution < 1.29 is 23.0 Å². The van der Waals surface area contributed by atoms with E-state index in [0.29, 0.717) is 29.3 Å². The van der Waals surface area contributed by atoms with E-state index in [1.807, 2.05) is 6.92 Å². The monoisotopic (exact) mass is 454 g/mol. The molecule has 1 aromatic carbocycles. The molecule has 0 bridgehead atoms. The Balaban J connectivity index is 1.55. The molecule has 0 radical (unpaired) electrons. The predicted molar refractivity (Wildman–Crippen MR) is 117 cm³/mol. The van der Waals surface area contributed by atoms with Crippen LogP contribution in [0.25, 0.3) is 0 Å². The van der Waals surface area contributed by atoms with E-state index in [-0.39, 0.29) is 30.8 Å². The second kappa shape index (κ2) is 9.19. The number of halogens is 2. The van der Waals surface area contributed by atoms with Crippen LogP contribution in [-0.4, -0.2) is 34.6 Å². The number of hydrogen-bond acceptors (Lipinski definition) is 6. The molecule has 1 unspecified atom stereocenters. The van der Waals surface area contributed by atoms with Gasteiger partial charge in [-0.3, -0.25) is 4.79 Å². The SMILES string of the molecule is COCc1cc(NC(=O)C2C[C@@]2(COc2cnc(C)nc2C)c2ccc(F)cc2)ncc1F. The van der Waals surface area contributed by atoms with Crippen molar-refractivity contribution in [3.05, 3.63) is 77.0 Å². The maximum absolute atomic E-state index is 13.8. The van der Waals surface area contributed by atoms with Crippen molar-refractivity contribution in [1.29, 1.82) is 0 Å². The molecule has 33 heavy (non-hydrogen) atoms. The van der Waals surface area contributed by atoms with Gasteiger partial charge in [-0.15, -0.1) is 0 Å². The zero-order chi connectivity index (χ0) is 23.6. The van der Waals surface area contributed by atoms with Crippen molar-refractivity contribution in [1.82, 2.24) is 15.0 Å². The molecule has 1 saturated carbocycles. The summed E-state index contributed by atoms with van der Waals surface area (Å²) in [5.74, 6) is -0.188. The summed E-state index contributed by atoms with van der Waals surface area (Å²) in [6.07, 6.45) is 3.16. The highest BCUT2D eigenvalue weighted by Crippen LogP contribution is 2.55. The summed E-state index contributed by atoms with van der Waals surface area (Å²) in [6, 6.07) is 7.50. The van der Waals surface area contributed by atoms with Crippen LogP contribution in [0.3, 0.4) is 0 Å². The first-order chi connectivity index (χ1) is 15.8. The highest BCUT2D eigenvalue weighted by atomic mass is 19.1. The number of benzene rings is 1. The average Bonchev–Trinajstić information content (AvgIpc) is 3.52. The molecule has 1 aliphatic carbocycles. The molecule has 3 aromatic rings. The second-order valence-corrected chi connectivity index (χ2v) is 8.16. The molecule has 4 rings (SSSR count). The molecular formula is C24H24F2N4O3. The van der Waals surface area contributed by atoms with Crippen molar-refractivity contribution >= 4 is 11.7 Å². The maximum atomic E-state index is 13.8. The normalized spacial score (nSPS) is 19.2. The molecule has 2 atom stereocenters. The van der Waals surface area contributed by atoms with Gasteiger partial charge in [0, 0.05) is 18.1 Å². The lowest BCUT2D eigenvalue weighted by molar-refractivity contribution is -0.117. The van der Waals surface area contributed by atoms with Gasteiger partial charge in [0.05, 0.1) is 37.2 Å². The van der Waals surface area contributed by atoms with Crippen molar-refractivity contribution in [2.45, 2.75) is 32.3 Å². The highest BCUT2D eigenvalue weighted by Gasteiger charge is 2.60. The first kappa shape index (κ1) is 22.7. The van der Waals surface area contributed by atoms with E-state index in [1.54, 1.807) is 25.3 Å². The van der Waals surface area contributed by atoms with Gasteiger partial charge in [0.1, 0.15) is 23.3 Å². The van der Waals surface area contributed by atoms with E-state index in [1.165, 1.54) is 25.3 Å². The van der Waals surface area contributed by atoms with E-state index in [9.17, 15) is 13.6 Å². The van der Waals surface area contributed by atoms with Crippen LogP contribution in [0, 0.1) is 31.4 Å². The number of carbonyl (C=O) groups is 1. The van der Waals surface area contributed by atoms with Gasteiger partial charge in [-0.1, -0.05) is 12.1 Å². The fraction of sp³-hybridized carbons (Fsp3) is 0.333. The first-order valence-electron chi connectivity index (χ1n) is 10.5. The summed E-state index contributed by atoms with van der Waals surface area (Å²) in [4.78, 5) is 25.5. The van der Waals surface area contributed by atoms with Gasteiger partial charge in [0.15, 0.2) is 5.75 Å². The lowest BCUT2D eigenvalue weighted by Crippen LogP contribution is -2.27. The topological polar surface area (TPSA) is 86.2 Å². The van der Waals surface area contributed by atoms with Crippen molar-refractivity contribution in [2.75, 3.05) is 19.0 Å². The minimum Gasteiger partial charge on any atom is -0.489 e. The molecule has 0 aliphatic heterocycles. The van der Waals surface area contributed by atoms with Crippen LogP contribution in [0.2, 0.25) is 0 Å². The molecule has 1 amide bonds. The van der Waals surface area contributed by atoms with E-state index >= 15 is 0 Å². The molecule has 172 valence electrons. The molecule has 1 N–H and O–H groups in total. The van der Waals surface area contributed by atoms with Crippen molar-refractivity contribution in [3.8, 4) is 5.75 Å². The third-order valence-corrected chi connectivity index (χ3v) is 5.84. The summed E-state index contributed by atoms with van der Waals surface area (Å²) >= 11 is 0. The molecule has 1 aliphatic rings. The third-order valence-electron chi connectivity index (χ3n) is 5.84. The molecule has 2 aromatic heterocycles. The fourth-order valence-corrected chi connectivity index (χ4v) is 3.94. The lowest BCUT2D eigenvalue weighted by atomic mass is 9.93. The number of ether oxygens (including phenoxy) is 2. The van der Waals surface area contributed by atoms with E-state index in [0.717, 1.165) is 11.8 Å². The van der Waals surface area contributed by atoms with Crippen LogP contribution in [0.15, 0.2) is 42.7 Å². The zero-order valence-corrected chi connectivity index (χ0v) is 18.6. The number of carbonyl (C=O) groups excluding carboxylic acids is 1. The number of nitrogens with one attached hydrogen (secondary N) is 1. The Hall–Kier alpha value is -3.46. The number of hydrogen-bond donors (Lipinski definition) is 1. The largest absolute Gasteiger partial charge is 0.489 e. The number of methoxy groups -OCH3 is 1. The number of nitrogens with zero attached hydrogens (tertiary/aromatic N) is 3. The highest BCUT2D eigenvalue weighted by molar-refractivity contribution is 5.95. The Morgan fingerprint density at radius 2 is 1.94 bits per heavy atom. The molecule has 7 nitrogen and oxygen atoms in total. The van der Waals surface area contributed by atoms with Gasteiger partial charge < -0.3 is 14.8 Å². The van der Waals surface area contributed by atoms with Crippen molar-refractivity contribution in [3.63, 3.8) is 0 Å². The van der Waals surface area contributed by atoms with Crippen LogP contribution >= 0.6 is 0 Å². The quantitative estimate of drug-likeness (QED) is 0.556. The number of anilines is 1. The predicted octanol–water partition coefficient (Wildman–Crippen LogP) is 3.89. The summed E-state index contributed by atoms with van der Waals surface area (Å²) in [6.45, 7) is 3.87. The Morgan fingerprint density at radius 1 is 1.18 bits per heavy atom. The van der Waals surface area contributed by atoms with Gasteiger partial charge in [0.2, 0.25) is 5.91 Å². The molecule has 2 heterocycles. The first-order valence-corrected chi connectivity index (χ1v) is 10.5. The van der Waals surface area contributed by atoms with Crippen molar-refractivity contribution in [2.24, 2.45) is 5.92 Å². The number of amides is 1.